The number of ether oxygens (including phenoxy) is 4. The monoisotopic (exact) mass is 522 g/mol. The lowest BCUT2D eigenvalue weighted by molar-refractivity contribution is -0.358. The van der Waals surface area contributed by atoms with Gasteiger partial charge in [-0.25, -0.2) is 0 Å². The summed E-state index contributed by atoms with van der Waals surface area (Å²) < 4.78 is 21.9. The van der Waals surface area contributed by atoms with Gasteiger partial charge in [0.2, 0.25) is 0 Å². The quantitative estimate of drug-likeness (QED) is 0.105. The van der Waals surface area contributed by atoms with E-state index in [-0.39, 0.29) is 6.61 Å². The second-order valence-electron chi connectivity index (χ2n) is 9.57. The lowest BCUT2D eigenvalue weighted by Crippen LogP contribution is -2.64. The zero-order valence-electron chi connectivity index (χ0n) is 21.2. The summed E-state index contributed by atoms with van der Waals surface area (Å²) in [5.41, 5.74) is 0. The van der Waals surface area contributed by atoms with Crippen molar-refractivity contribution in [3.05, 3.63) is 12.2 Å². The van der Waals surface area contributed by atoms with E-state index in [9.17, 15) is 35.7 Å². The number of rotatable bonds is 16. The maximum absolute atomic E-state index is 10.6. The first kappa shape index (κ1) is 31.5. The van der Waals surface area contributed by atoms with Crippen LogP contribution in [0.1, 0.15) is 64.7 Å². The highest BCUT2D eigenvalue weighted by atomic mass is 16.7. The van der Waals surface area contributed by atoms with Crippen LogP contribution in [0.4, 0.5) is 0 Å². The van der Waals surface area contributed by atoms with Gasteiger partial charge in [0.1, 0.15) is 48.8 Å². The normalized spacial score (nSPS) is 37.6. The summed E-state index contributed by atoms with van der Waals surface area (Å²) in [6.45, 7) is 1.11. The van der Waals surface area contributed by atoms with E-state index in [0.717, 1.165) is 12.8 Å². The van der Waals surface area contributed by atoms with Gasteiger partial charge in [-0.05, 0) is 12.8 Å². The van der Waals surface area contributed by atoms with E-state index in [1.165, 1.54) is 44.9 Å². The summed E-state index contributed by atoms with van der Waals surface area (Å²) in [6, 6.07) is 0. The van der Waals surface area contributed by atoms with Crippen molar-refractivity contribution in [1.82, 2.24) is 0 Å². The highest BCUT2D eigenvalue weighted by molar-refractivity contribution is 4.94. The van der Waals surface area contributed by atoms with Crippen LogP contribution in [-0.4, -0.2) is 117 Å². The number of hydrogen-bond donors (Lipinski definition) is 7. The van der Waals surface area contributed by atoms with E-state index in [1.807, 2.05) is 12.2 Å². The molecule has 2 aliphatic rings. The Morgan fingerprint density at radius 3 is 1.86 bits per heavy atom. The van der Waals surface area contributed by atoms with Crippen LogP contribution in [0.5, 0.6) is 0 Å². The van der Waals surface area contributed by atoms with Crippen molar-refractivity contribution in [3.63, 3.8) is 0 Å². The molecule has 6 unspecified atom stereocenters. The average molecular weight is 523 g/mol. The van der Waals surface area contributed by atoms with Crippen molar-refractivity contribution in [3.8, 4) is 0 Å². The minimum atomic E-state index is -1.70. The fraction of sp³-hybridized carbons (Fsp3) is 0.920. The Morgan fingerprint density at radius 2 is 1.22 bits per heavy atom. The summed E-state index contributed by atoms with van der Waals surface area (Å²) in [4.78, 5) is 0. The molecule has 0 saturated carbocycles. The van der Waals surface area contributed by atoms with Crippen molar-refractivity contribution in [2.24, 2.45) is 0 Å². The van der Waals surface area contributed by atoms with Crippen LogP contribution in [0.25, 0.3) is 0 Å². The predicted octanol–water partition coefficient (Wildman–Crippen LogP) is -0.286. The Labute approximate surface area is 213 Å². The average Bonchev–Trinajstić information content (AvgIpc) is 2.88. The van der Waals surface area contributed by atoms with Gasteiger partial charge in [0, 0.05) is 0 Å². The first-order valence-corrected chi connectivity index (χ1v) is 13.2. The van der Waals surface area contributed by atoms with Crippen molar-refractivity contribution < 1.29 is 54.7 Å². The van der Waals surface area contributed by atoms with Crippen LogP contribution in [0, 0.1) is 0 Å². The molecule has 11 nitrogen and oxygen atoms in total. The van der Waals surface area contributed by atoms with Crippen LogP contribution >= 0.6 is 0 Å². The molecule has 0 radical (unpaired) electrons. The largest absolute Gasteiger partial charge is 0.394 e. The Balaban J connectivity index is 1.75. The molecule has 0 aliphatic carbocycles. The third kappa shape index (κ3) is 9.25. The van der Waals surface area contributed by atoms with E-state index in [2.05, 4.69) is 6.92 Å². The van der Waals surface area contributed by atoms with Gasteiger partial charge < -0.3 is 54.7 Å². The van der Waals surface area contributed by atoms with Crippen LogP contribution in [-0.2, 0) is 18.9 Å². The van der Waals surface area contributed by atoms with Crippen molar-refractivity contribution >= 4 is 0 Å². The van der Waals surface area contributed by atoms with Crippen molar-refractivity contribution in [2.75, 3.05) is 19.8 Å². The van der Waals surface area contributed by atoms with Crippen LogP contribution < -0.4 is 0 Å². The number of hydrogen-bond acceptors (Lipinski definition) is 11. The van der Waals surface area contributed by atoms with E-state index < -0.39 is 74.6 Å². The summed E-state index contributed by atoms with van der Waals surface area (Å²) in [5.74, 6) is 0. The van der Waals surface area contributed by atoms with Gasteiger partial charge in [0.05, 0.1) is 19.8 Å². The number of aliphatic hydroxyl groups excluding tert-OH is 7. The third-order valence-corrected chi connectivity index (χ3v) is 6.71. The fourth-order valence-electron chi connectivity index (χ4n) is 4.43. The second-order valence-corrected chi connectivity index (χ2v) is 9.57. The van der Waals surface area contributed by atoms with E-state index in [1.54, 1.807) is 0 Å². The molecule has 2 saturated heterocycles. The maximum Gasteiger partial charge on any atom is 0.187 e. The van der Waals surface area contributed by atoms with Crippen LogP contribution in [0.15, 0.2) is 12.2 Å². The van der Waals surface area contributed by atoms with E-state index >= 15 is 0 Å². The van der Waals surface area contributed by atoms with E-state index in [4.69, 9.17) is 18.9 Å². The molecule has 212 valence electrons. The van der Waals surface area contributed by atoms with Gasteiger partial charge >= 0.3 is 0 Å². The Hall–Kier alpha value is -0.700. The highest BCUT2D eigenvalue weighted by Gasteiger charge is 2.50. The molecule has 10 atom stereocenters. The molecule has 11 heteroatoms. The lowest BCUT2D eigenvalue weighted by Gasteiger charge is -2.45. The molecule has 36 heavy (non-hydrogen) atoms. The van der Waals surface area contributed by atoms with Gasteiger partial charge in [-0.3, -0.25) is 0 Å². The van der Waals surface area contributed by atoms with Crippen LogP contribution in [0.3, 0.4) is 0 Å². The molecule has 0 amide bonds. The predicted molar refractivity (Wildman–Crippen MR) is 129 cm³/mol. The SMILES string of the molecule is CCCCCCCCCC/C=C/CO[C@@H]1OC(CO)[C@@H](O[C@@H]2OC(CO)[C@H](O)C(O)C2O)C(O)C1O. The Bertz CT molecular complexity index is 603. The molecule has 2 heterocycles. The smallest absolute Gasteiger partial charge is 0.187 e. The molecule has 7 N–H and O–H groups in total. The van der Waals surface area contributed by atoms with Gasteiger partial charge in [0.25, 0.3) is 0 Å². The number of allylic oxidation sites excluding steroid dienone is 1. The fourth-order valence-corrected chi connectivity index (χ4v) is 4.43. The molecule has 2 rings (SSSR count). The summed E-state index contributed by atoms with van der Waals surface area (Å²) in [7, 11) is 0. The molecular formula is C25H46O11. The van der Waals surface area contributed by atoms with Crippen LogP contribution in [0.2, 0.25) is 0 Å². The molecule has 0 aromatic carbocycles. The molecule has 2 fully saturated rings. The molecule has 2 aliphatic heterocycles. The molecule has 0 bridgehead atoms. The lowest BCUT2D eigenvalue weighted by atomic mass is 9.97. The molecule has 0 aromatic heterocycles. The molecule has 0 aromatic rings. The standard InChI is InChI=1S/C25H46O11/c1-2-3-4-5-6-7-8-9-10-11-12-13-33-24-22(32)20(30)23(17(15-27)35-24)36-25-21(31)19(29)18(28)16(14-26)34-25/h11-12,16-32H,2-10,13-15H2,1H3/b12-11+/t16?,17?,18-,19?,20?,21?,22?,23+,24+,25-/m0/s1. The summed E-state index contributed by atoms with van der Waals surface area (Å²) >= 11 is 0. The van der Waals surface area contributed by atoms with Crippen molar-refractivity contribution in [2.45, 2.75) is 126 Å². The Morgan fingerprint density at radius 1 is 0.639 bits per heavy atom. The first-order valence-electron chi connectivity index (χ1n) is 13.2. The van der Waals surface area contributed by atoms with Gasteiger partial charge in [-0.1, -0.05) is 64.0 Å². The zero-order chi connectivity index (χ0) is 26.5. The van der Waals surface area contributed by atoms with E-state index in [0.29, 0.717) is 0 Å². The Kier molecular flexibility index (Phi) is 14.9. The summed E-state index contributed by atoms with van der Waals surface area (Å²) in [6.07, 6.45) is 0.195. The maximum atomic E-state index is 10.6. The minimum absolute atomic E-state index is 0.141. The molecule has 0 spiro atoms. The summed E-state index contributed by atoms with van der Waals surface area (Å²) in [5, 5.41) is 70.1. The van der Waals surface area contributed by atoms with Gasteiger partial charge in [-0.2, -0.15) is 0 Å². The van der Waals surface area contributed by atoms with Crippen molar-refractivity contribution in [1.29, 1.82) is 0 Å². The minimum Gasteiger partial charge on any atom is -0.394 e. The third-order valence-electron chi connectivity index (χ3n) is 6.71. The number of aliphatic hydroxyl groups is 7. The zero-order valence-corrected chi connectivity index (χ0v) is 21.2. The topological polar surface area (TPSA) is 179 Å². The highest BCUT2D eigenvalue weighted by Crippen LogP contribution is 2.29. The first-order chi connectivity index (χ1) is 17.3. The number of unbranched alkanes of at least 4 members (excludes halogenated alkanes) is 8. The molecular weight excluding hydrogens is 476 g/mol. The van der Waals surface area contributed by atoms with Gasteiger partial charge in [-0.15, -0.1) is 0 Å². The van der Waals surface area contributed by atoms with Gasteiger partial charge in [0.15, 0.2) is 12.6 Å². The second kappa shape index (κ2) is 17.0.